The Hall–Kier alpha value is 0.650. The molecular weight excluding hydrogens is 314 g/mol. The van der Waals surface area contributed by atoms with Crippen molar-refractivity contribution in [2.45, 2.75) is 25.7 Å². The summed E-state index contributed by atoms with van der Waals surface area (Å²) >= 11 is 0. The SMILES string of the molecule is O=S(=O)([O-])CCCCCC=CS(F)(F)(F)(F)F.[Na+]. The van der Waals surface area contributed by atoms with Crippen molar-refractivity contribution in [3.63, 3.8) is 0 Å². The molecule has 0 saturated carbocycles. The Kier molecular flexibility index (Phi) is 6.94. The van der Waals surface area contributed by atoms with E-state index in [0.717, 1.165) is 0 Å². The van der Waals surface area contributed by atoms with Gasteiger partial charge in [-0.05, 0) is 19.3 Å². The fourth-order valence-corrected chi connectivity index (χ4v) is 2.03. The summed E-state index contributed by atoms with van der Waals surface area (Å²) in [6.45, 7) is 0. The smallest absolute Gasteiger partial charge is 0.748 e. The topological polar surface area (TPSA) is 57.2 Å². The third-order valence-corrected chi connectivity index (χ3v) is 3.11. The van der Waals surface area contributed by atoms with Crippen LogP contribution in [0, 0.1) is 0 Å². The molecule has 0 aliphatic heterocycles. The van der Waals surface area contributed by atoms with Crippen LogP contribution in [0.4, 0.5) is 19.4 Å². The third kappa shape index (κ3) is 19.0. The Morgan fingerprint density at radius 3 is 1.89 bits per heavy atom. The fourth-order valence-electron chi connectivity index (χ4n) is 0.968. The van der Waals surface area contributed by atoms with Gasteiger partial charge in [0, 0.05) is 5.75 Å². The molecular formula is C7H12F5NaO3S2. The summed E-state index contributed by atoms with van der Waals surface area (Å²) in [6, 6.07) is 0. The van der Waals surface area contributed by atoms with Crippen LogP contribution in [0.5, 0.6) is 0 Å². The van der Waals surface area contributed by atoms with E-state index in [1.54, 1.807) is 0 Å². The number of rotatable bonds is 7. The molecule has 0 rings (SSSR count). The molecule has 0 aromatic carbocycles. The van der Waals surface area contributed by atoms with Gasteiger partial charge in [-0.2, -0.15) is 0 Å². The van der Waals surface area contributed by atoms with E-state index in [1.807, 2.05) is 0 Å². The number of hydrogen-bond donors (Lipinski definition) is 0. The van der Waals surface area contributed by atoms with Gasteiger partial charge in [0.15, 0.2) is 0 Å². The average Bonchev–Trinajstić information content (AvgIpc) is 1.95. The molecule has 0 unspecified atom stereocenters. The van der Waals surface area contributed by atoms with Gasteiger partial charge in [0.2, 0.25) is 0 Å². The van der Waals surface area contributed by atoms with Crippen molar-refractivity contribution in [3.05, 3.63) is 11.5 Å². The summed E-state index contributed by atoms with van der Waals surface area (Å²) in [5, 5.41) is -1.02. The van der Waals surface area contributed by atoms with Crippen LogP contribution in [0.1, 0.15) is 25.7 Å². The maximum absolute atomic E-state index is 11.7. The molecule has 0 aliphatic carbocycles. The van der Waals surface area contributed by atoms with Crippen LogP contribution in [-0.4, -0.2) is 18.7 Å². The Bertz CT molecular complexity index is 388. The first kappa shape index (κ1) is 21.0. The third-order valence-electron chi connectivity index (χ3n) is 1.62. The van der Waals surface area contributed by atoms with E-state index >= 15 is 0 Å². The largest absolute Gasteiger partial charge is 1.00 e. The Morgan fingerprint density at radius 2 is 1.50 bits per heavy atom. The van der Waals surface area contributed by atoms with Gasteiger partial charge in [-0.3, -0.25) is 0 Å². The fraction of sp³-hybridized carbons (Fsp3) is 0.714. The number of hydrogen-bond acceptors (Lipinski definition) is 3. The molecule has 18 heavy (non-hydrogen) atoms. The quantitative estimate of drug-likeness (QED) is 0.302. The van der Waals surface area contributed by atoms with Crippen molar-refractivity contribution >= 4 is 20.3 Å². The van der Waals surface area contributed by atoms with Crippen LogP contribution in [0.15, 0.2) is 11.5 Å². The molecule has 0 bridgehead atoms. The maximum atomic E-state index is 11.7. The van der Waals surface area contributed by atoms with Crippen LogP contribution in [0.3, 0.4) is 0 Å². The van der Waals surface area contributed by atoms with Crippen molar-refractivity contribution in [1.82, 2.24) is 0 Å². The molecule has 0 heterocycles. The number of halogens is 5. The van der Waals surface area contributed by atoms with Crippen molar-refractivity contribution in [1.29, 1.82) is 0 Å². The molecule has 11 heteroatoms. The summed E-state index contributed by atoms with van der Waals surface area (Å²) in [7, 11) is -13.8. The summed E-state index contributed by atoms with van der Waals surface area (Å²) in [5.41, 5.74) is 0. The van der Waals surface area contributed by atoms with Gasteiger partial charge in [0.05, 0.1) is 15.5 Å². The normalized spacial score (nSPS) is 17.0. The standard InChI is InChI=1S/C7H13F5O3S2.Na/c8-17(9,10,11,12)7-5-3-1-2-4-6-16(13,14)15;/h5,7H,1-4,6H2,(H,13,14,15);/q;+1/p-1. The van der Waals surface area contributed by atoms with E-state index in [4.69, 9.17) is 0 Å². The second-order valence-electron chi connectivity index (χ2n) is 3.51. The zero-order valence-corrected chi connectivity index (χ0v) is 13.3. The zero-order chi connectivity index (χ0) is 13.9. The van der Waals surface area contributed by atoms with Gasteiger partial charge < -0.3 is 4.55 Å². The monoisotopic (exact) mass is 326 g/mol. The molecule has 0 saturated heterocycles. The molecule has 0 radical (unpaired) electrons. The number of unbranched alkanes of at least 4 members (excludes halogenated alkanes) is 3. The van der Waals surface area contributed by atoms with Gasteiger partial charge in [0.1, 0.15) is 0 Å². The van der Waals surface area contributed by atoms with E-state index in [2.05, 4.69) is 0 Å². The van der Waals surface area contributed by atoms with E-state index in [0.29, 0.717) is 6.08 Å². The second-order valence-corrected chi connectivity index (χ2v) is 7.36. The van der Waals surface area contributed by atoms with Gasteiger partial charge in [-0.15, -0.1) is 0 Å². The van der Waals surface area contributed by atoms with Crippen LogP contribution in [0.2, 0.25) is 0 Å². The second kappa shape index (κ2) is 5.96. The van der Waals surface area contributed by atoms with Gasteiger partial charge in [-0.25, -0.2) is 8.42 Å². The summed E-state index contributed by atoms with van der Waals surface area (Å²) in [4.78, 5) is 0. The zero-order valence-electron chi connectivity index (χ0n) is 9.62. The first-order chi connectivity index (χ1) is 7.18. The molecule has 0 aromatic rings. The molecule has 0 aromatic heterocycles. The first-order valence-electron chi connectivity index (χ1n) is 4.54. The minimum Gasteiger partial charge on any atom is -0.748 e. The summed E-state index contributed by atoms with van der Waals surface area (Å²) in [5.74, 6) is -0.599. The molecule has 106 valence electrons. The summed E-state index contributed by atoms with van der Waals surface area (Å²) in [6.07, 6.45) is 0.375. The number of allylic oxidation sites excluding steroid dienone is 1. The minimum absolute atomic E-state index is 0. The van der Waals surface area contributed by atoms with Crippen molar-refractivity contribution in [3.8, 4) is 0 Å². The summed E-state index contributed by atoms with van der Waals surface area (Å²) < 4.78 is 89.1. The Morgan fingerprint density at radius 1 is 1.00 bits per heavy atom. The molecule has 0 spiro atoms. The molecule has 0 amide bonds. The molecule has 3 nitrogen and oxygen atoms in total. The van der Waals surface area contributed by atoms with Gasteiger partial charge in [-0.1, -0.05) is 31.9 Å². The van der Waals surface area contributed by atoms with Crippen LogP contribution < -0.4 is 29.6 Å². The van der Waals surface area contributed by atoms with E-state index in [1.165, 1.54) is 0 Å². The van der Waals surface area contributed by atoms with E-state index in [-0.39, 0.29) is 55.2 Å². The Labute approximate surface area is 125 Å². The molecule has 0 atom stereocenters. The predicted molar refractivity (Wildman–Crippen MR) is 55.3 cm³/mol. The molecule has 0 fully saturated rings. The van der Waals surface area contributed by atoms with Gasteiger partial charge >= 0.3 is 39.8 Å². The van der Waals surface area contributed by atoms with Crippen molar-refractivity contribution in [2.24, 2.45) is 0 Å². The first-order valence-corrected chi connectivity index (χ1v) is 8.13. The van der Waals surface area contributed by atoms with Gasteiger partial charge in [0.25, 0.3) is 0 Å². The van der Waals surface area contributed by atoms with Crippen LogP contribution in [0.25, 0.3) is 0 Å². The van der Waals surface area contributed by atoms with Crippen LogP contribution in [-0.2, 0) is 10.1 Å². The van der Waals surface area contributed by atoms with Crippen molar-refractivity contribution in [2.75, 3.05) is 5.75 Å². The molecule has 0 aliphatic rings. The minimum atomic E-state index is -9.47. The predicted octanol–water partition coefficient (Wildman–Crippen LogP) is 0.908. The van der Waals surface area contributed by atoms with Crippen LogP contribution >= 0.6 is 10.2 Å². The molecule has 0 N–H and O–H groups in total. The van der Waals surface area contributed by atoms with E-state index < -0.39 is 31.5 Å². The van der Waals surface area contributed by atoms with Crippen molar-refractivity contribution < 1.29 is 62.0 Å². The average molecular weight is 326 g/mol. The Balaban J connectivity index is 0. The van der Waals surface area contributed by atoms with E-state index in [9.17, 15) is 32.4 Å². The maximum Gasteiger partial charge on any atom is 1.00 e.